The largest absolute Gasteiger partial charge is 0.507 e. The lowest BCUT2D eigenvalue weighted by atomic mass is 9.80. The lowest BCUT2D eigenvalue weighted by molar-refractivity contribution is 0.473. The van der Waals surface area contributed by atoms with E-state index in [0.29, 0.717) is 5.75 Å². The van der Waals surface area contributed by atoms with E-state index in [1.807, 2.05) is 24.3 Å². The van der Waals surface area contributed by atoms with Crippen molar-refractivity contribution in [2.45, 2.75) is 46.2 Å². The second kappa shape index (κ2) is 5.68. The molecule has 2 heteroatoms. The quantitative estimate of drug-likeness (QED) is 0.802. The van der Waals surface area contributed by atoms with Gasteiger partial charge in [-0.1, -0.05) is 69.4 Å². The average Bonchev–Trinajstić information content (AvgIpc) is 2.37. The molecule has 0 unspecified atom stereocenters. The average molecular weight is 297 g/mol. The van der Waals surface area contributed by atoms with Crippen LogP contribution in [0.4, 0.5) is 0 Å². The summed E-state index contributed by atoms with van der Waals surface area (Å²) in [5.41, 5.74) is 4.65. The van der Waals surface area contributed by atoms with Crippen LogP contribution >= 0.6 is 0 Å². The van der Waals surface area contributed by atoms with Crippen molar-refractivity contribution in [1.29, 1.82) is 0 Å². The van der Waals surface area contributed by atoms with Crippen molar-refractivity contribution in [3.8, 4) is 16.9 Å². The number of hydrogen-bond donors (Lipinski definition) is 1. The number of hydrogen-bond acceptors (Lipinski definition) is 1. The highest BCUT2D eigenvalue weighted by Crippen LogP contribution is 2.39. The number of aryl methyl sites for hydroxylation is 1. The number of phenols is 1. The second-order valence-corrected chi connectivity index (χ2v) is 9.45. The molecule has 0 saturated heterocycles. The predicted octanol–water partition coefficient (Wildman–Crippen LogP) is 4.63. The zero-order valence-corrected chi connectivity index (χ0v) is 14.9. The van der Waals surface area contributed by atoms with Crippen molar-refractivity contribution in [2.75, 3.05) is 0 Å². The van der Waals surface area contributed by atoms with Crippen LogP contribution in [0.5, 0.6) is 5.75 Å². The lowest BCUT2D eigenvalue weighted by Gasteiger charge is -2.30. The summed E-state index contributed by atoms with van der Waals surface area (Å²) in [6.45, 7) is 13.5. The van der Waals surface area contributed by atoms with Gasteiger partial charge in [-0.25, -0.2) is 0 Å². The van der Waals surface area contributed by atoms with E-state index >= 15 is 0 Å². The fourth-order valence-corrected chi connectivity index (χ4v) is 4.95. The highest BCUT2D eigenvalue weighted by atomic mass is 28.3. The standard InChI is InChI=1S/C19H25OSi/c1-13-12-15(20)16(14-10-8-7-9-11-14)17(19(2,3)4)18(13)21(5)6/h7-12,20H,1-6H3. The molecule has 0 aliphatic heterocycles. The minimum atomic E-state index is -0.611. The Labute approximate surface area is 130 Å². The van der Waals surface area contributed by atoms with Gasteiger partial charge in [-0.05, 0) is 35.1 Å². The van der Waals surface area contributed by atoms with Crippen LogP contribution < -0.4 is 5.19 Å². The van der Waals surface area contributed by atoms with Gasteiger partial charge >= 0.3 is 0 Å². The molecule has 0 saturated carbocycles. The van der Waals surface area contributed by atoms with Gasteiger partial charge in [0.1, 0.15) is 5.75 Å². The Bertz CT molecular complexity index is 637. The molecule has 1 nitrogen and oxygen atoms in total. The molecule has 2 aromatic rings. The summed E-state index contributed by atoms with van der Waals surface area (Å²) in [4.78, 5) is 0. The molecule has 0 atom stereocenters. The first-order chi connectivity index (χ1) is 9.73. The van der Waals surface area contributed by atoms with Crippen molar-refractivity contribution >= 4 is 14.0 Å². The minimum absolute atomic E-state index is 0.00590. The third kappa shape index (κ3) is 3.05. The summed E-state index contributed by atoms with van der Waals surface area (Å²) in [6.07, 6.45) is 0. The Morgan fingerprint density at radius 3 is 2.05 bits per heavy atom. The van der Waals surface area contributed by atoms with Gasteiger partial charge < -0.3 is 5.11 Å². The Hall–Kier alpha value is -1.54. The molecule has 0 aliphatic rings. The molecule has 0 aliphatic carbocycles. The SMILES string of the molecule is Cc1cc(O)c(-c2ccccc2)c(C(C)(C)C)c1[Si](C)C. The molecule has 2 rings (SSSR count). The van der Waals surface area contributed by atoms with Gasteiger partial charge in [-0.2, -0.15) is 0 Å². The molecule has 0 fully saturated rings. The van der Waals surface area contributed by atoms with Crippen molar-refractivity contribution in [1.82, 2.24) is 0 Å². The van der Waals surface area contributed by atoms with E-state index in [4.69, 9.17) is 0 Å². The van der Waals surface area contributed by atoms with E-state index in [1.54, 1.807) is 0 Å². The van der Waals surface area contributed by atoms with E-state index in [2.05, 4.69) is 52.9 Å². The normalized spacial score (nSPS) is 12.0. The van der Waals surface area contributed by atoms with E-state index in [1.165, 1.54) is 16.3 Å². The summed E-state index contributed by atoms with van der Waals surface area (Å²) >= 11 is 0. The second-order valence-electron chi connectivity index (χ2n) is 6.95. The fraction of sp³-hybridized carbons (Fsp3) is 0.368. The topological polar surface area (TPSA) is 20.2 Å². The monoisotopic (exact) mass is 297 g/mol. The lowest BCUT2D eigenvalue weighted by Crippen LogP contribution is -2.35. The van der Waals surface area contributed by atoms with Crippen LogP contribution in [0.2, 0.25) is 13.1 Å². The smallest absolute Gasteiger partial charge is 0.123 e. The molecule has 1 radical (unpaired) electrons. The molecule has 111 valence electrons. The highest BCUT2D eigenvalue weighted by Gasteiger charge is 2.27. The minimum Gasteiger partial charge on any atom is -0.507 e. The summed E-state index contributed by atoms with van der Waals surface area (Å²) < 4.78 is 0. The number of aromatic hydroxyl groups is 1. The fourth-order valence-electron chi connectivity index (χ4n) is 3.09. The number of rotatable bonds is 2. The molecular weight excluding hydrogens is 272 g/mol. The maximum atomic E-state index is 10.6. The zero-order valence-electron chi connectivity index (χ0n) is 13.9. The number of benzene rings is 2. The Morgan fingerprint density at radius 1 is 1.00 bits per heavy atom. The van der Waals surface area contributed by atoms with Crippen LogP contribution in [0.3, 0.4) is 0 Å². The maximum absolute atomic E-state index is 10.6. The van der Waals surface area contributed by atoms with Crippen molar-refractivity contribution in [3.05, 3.63) is 47.5 Å². The van der Waals surface area contributed by atoms with Crippen LogP contribution in [0.25, 0.3) is 11.1 Å². The van der Waals surface area contributed by atoms with Crippen molar-refractivity contribution < 1.29 is 5.11 Å². The Morgan fingerprint density at radius 2 is 1.57 bits per heavy atom. The summed E-state index contributed by atoms with van der Waals surface area (Å²) in [5, 5.41) is 12.1. The Balaban J connectivity index is 2.90. The van der Waals surface area contributed by atoms with E-state index < -0.39 is 8.80 Å². The maximum Gasteiger partial charge on any atom is 0.123 e. The summed E-state index contributed by atoms with van der Waals surface area (Å²) in [5.74, 6) is 0.399. The van der Waals surface area contributed by atoms with E-state index in [0.717, 1.165) is 11.1 Å². The molecule has 2 aromatic carbocycles. The first kappa shape index (κ1) is 15.8. The molecule has 0 aromatic heterocycles. The zero-order chi connectivity index (χ0) is 15.8. The molecule has 21 heavy (non-hydrogen) atoms. The third-order valence-corrected chi connectivity index (χ3v) is 5.46. The molecule has 0 heterocycles. The van der Waals surface area contributed by atoms with Gasteiger partial charge in [0, 0.05) is 5.56 Å². The summed E-state index contributed by atoms with van der Waals surface area (Å²) in [6, 6.07) is 12.2. The Kier molecular flexibility index (Phi) is 4.29. The van der Waals surface area contributed by atoms with E-state index in [-0.39, 0.29) is 5.41 Å². The molecule has 1 N–H and O–H groups in total. The first-order valence-electron chi connectivity index (χ1n) is 7.46. The highest BCUT2D eigenvalue weighted by molar-refractivity contribution is 6.71. The van der Waals surface area contributed by atoms with Crippen LogP contribution in [0, 0.1) is 6.92 Å². The third-order valence-electron chi connectivity index (χ3n) is 3.82. The first-order valence-corrected chi connectivity index (χ1v) is 9.96. The van der Waals surface area contributed by atoms with Crippen molar-refractivity contribution in [2.24, 2.45) is 0 Å². The van der Waals surface area contributed by atoms with Gasteiger partial charge in [-0.15, -0.1) is 0 Å². The van der Waals surface area contributed by atoms with Gasteiger partial charge in [0.05, 0.1) is 8.80 Å². The van der Waals surface area contributed by atoms with Gasteiger partial charge in [0.2, 0.25) is 0 Å². The van der Waals surface area contributed by atoms with Crippen LogP contribution in [-0.4, -0.2) is 13.9 Å². The van der Waals surface area contributed by atoms with Crippen LogP contribution in [-0.2, 0) is 5.41 Å². The van der Waals surface area contributed by atoms with Gasteiger partial charge in [0.15, 0.2) is 0 Å². The molecular formula is C19H25OSi. The molecule has 0 spiro atoms. The van der Waals surface area contributed by atoms with Crippen molar-refractivity contribution in [3.63, 3.8) is 0 Å². The van der Waals surface area contributed by atoms with Crippen LogP contribution in [0.15, 0.2) is 36.4 Å². The van der Waals surface area contributed by atoms with Gasteiger partial charge in [-0.3, -0.25) is 0 Å². The number of phenolic OH excluding ortho intramolecular Hbond substituents is 1. The summed E-state index contributed by atoms with van der Waals surface area (Å²) in [7, 11) is -0.611. The van der Waals surface area contributed by atoms with Gasteiger partial charge in [0.25, 0.3) is 0 Å². The molecule has 0 bridgehead atoms. The van der Waals surface area contributed by atoms with Crippen LogP contribution in [0.1, 0.15) is 31.9 Å². The van der Waals surface area contributed by atoms with E-state index in [9.17, 15) is 5.11 Å². The predicted molar refractivity (Wildman–Crippen MR) is 94.1 cm³/mol. The molecule has 0 amide bonds.